The van der Waals surface area contributed by atoms with Gasteiger partial charge >= 0.3 is 0 Å². The van der Waals surface area contributed by atoms with Gasteiger partial charge in [-0.1, -0.05) is 60.2 Å². The molecule has 0 aromatic heterocycles. The Balaban J connectivity index is 1.34. The van der Waals surface area contributed by atoms with Crippen LogP contribution in [0.15, 0.2) is 60.7 Å². The molecular weight excluding hydrogens is 412 g/mol. The third kappa shape index (κ3) is 3.17. The van der Waals surface area contributed by atoms with Crippen molar-refractivity contribution >= 4 is 23.4 Å². The number of nitrogens with zero attached hydrogens (tertiary/aromatic N) is 1. The molecular formula is C28H28N2O3. The van der Waals surface area contributed by atoms with Gasteiger partial charge in [0.2, 0.25) is 17.7 Å². The van der Waals surface area contributed by atoms with Gasteiger partial charge in [-0.2, -0.15) is 0 Å². The van der Waals surface area contributed by atoms with E-state index in [1.54, 1.807) is 0 Å². The Morgan fingerprint density at radius 3 is 2.21 bits per heavy atom. The van der Waals surface area contributed by atoms with Crippen LogP contribution in [0.1, 0.15) is 23.1 Å². The molecule has 2 aromatic carbocycles. The lowest BCUT2D eigenvalue weighted by molar-refractivity contribution is -0.146. The molecule has 7 unspecified atom stereocenters. The monoisotopic (exact) mass is 440 g/mol. The van der Waals surface area contributed by atoms with E-state index in [0.29, 0.717) is 23.9 Å². The Kier molecular flexibility index (Phi) is 4.58. The van der Waals surface area contributed by atoms with E-state index >= 15 is 0 Å². The molecule has 1 heterocycles. The second-order valence-electron chi connectivity index (χ2n) is 10.2. The quantitative estimate of drug-likeness (QED) is 0.566. The van der Waals surface area contributed by atoms with Crippen molar-refractivity contribution in [3.8, 4) is 0 Å². The second kappa shape index (κ2) is 7.41. The minimum Gasteiger partial charge on any atom is -0.324 e. The Hall–Kier alpha value is -3.21. The van der Waals surface area contributed by atoms with Crippen molar-refractivity contribution in [1.82, 2.24) is 4.90 Å². The van der Waals surface area contributed by atoms with Gasteiger partial charge in [-0.25, -0.2) is 0 Å². The number of imide groups is 1. The molecule has 1 saturated heterocycles. The van der Waals surface area contributed by atoms with Crippen LogP contribution in [0, 0.1) is 49.4 Å². The van der Waals surface area contributed by atoms with Crippen LogP contribution in [-0.4, -0.2) is 28.7 Å². The highest BCUT2D eigenvalue weighted by Gasteiger charge is 2.67. The molecule has 3 fully saturated rings. The van der Waals surface area contributed by atoms with Crippen molar-refractivity contribution in [2.75, 3.05) is 5.32 Å². The smallest absolute Gasteiger partial charge is 0.248 e. The van der Waals surface area contributed by atoms with Crippen molar-refractivity contribution in [1.29, 1.82) is 0 Å². The number of nitrogens with one attached hydrogen (secondary N) is 1. The standard InChI is InChI=1S/C28H28N2O3/c1-15-8-11-22(16(2)12-15)29-26(31)23(13-17-6-4-3-5-7-17)30-27(32)24-18-9-10-19(21-14-20(18)21)25(24)28(30)33/h3-12,18-21,23-25H,13-14H2,1-2H3,(H,29,31). The molecule has 168 valence electrons. The highest BCUT2D eigenvalue weighted by Crippen LogP contribution is 2.65. The first-order chi connectivity index (χ1) is 15.9. The maximum atomic E-state index is 13.7. The summed E-state index contributed by atoms with van der Waals surface area (Å²) >= 11 is 0. The average molecular weight is 441 g/mol. The highest BCUT2D eigenvalue weighted by molar-refractivity contribution is 6.10. The van der Waals surface area contributed by atoms with Crippen LogP contribution in [0.5, 0.6) is 0 Å². The summed E-state index contributed by atoms with van der Waals surface area (Å²) in [5.74, 6) is 0.128. The molecule has 2 saturated carbocycles. The predicted octanol–water partition coefficient (Wildman–Crippen LogP) is 3.91. The zero-order chi connectivity index (χ0) is 22.9. The SMILES string of the molecule is Cc1ccc(NC(=O)C(Cc2ccccc2)N2C(=O)C3C4C=CC(C5CC45)C3C2=O)c(C)c1. The van der Waals surface area contributed by atoms with Gasteiger partial charge in [0, 0.05) is 12.1 Å². The van der Waals surface area contributed by atoms with Crippen LogP contribution in [0.3, 0.4) is 0 Å². The number of carbonyl (C=O) groups is 3. The van der Waals surface area contributed by atoms with E-state index in [9.17, 15) is 14.4 Å². The van der Waals surface area contributed by atoms with Crippen LogP contribution in [0.4, 0.5) is 5.69 Å². The topological polar surface area (TPSA) is 66.5 Å². The van der Waals surface area contributed by atoms with Crippen molar-refractivity contribution in [2.24, 2.45) is 35.5 Å². The summed E-state index contributed by atoms with van der Waals surface area (Å²) in [7, 11) is 0. The molecule has 1 aliphatic heterocycles. The van der Waals surface area contributed by atoms with Gasteiger partial charge < -0.3 is 5.32 Å². The summed E-state index contributed by atoms with van der Waals surface area (Å²) in [5.41, 5.74) is 3.71. The molecule has 4 aliphatic carbocycles. The van der Waals surface area contributed by atoms with E-state index in [1.807, 2.05) is 62.4 Å². The van der Waals surface area contributed by atoms with Gasteiger partial charge in [0.25, 0.3) is 0 Å². The Bertz CT molecular complexity index is 1150. The number of aryl methyl sites for hydroxylation is 2. The summed E-state index contributed by atoms with van der Waals surface area (Å²) in [5, 5.41) is 3.01. The minimum absolute atomic E-state index is 0.145. The first-order valence-electron chi connectivity index (χ1n) is 11.9. The molecule has 2 bridgehead atoms. The maximum Gasteiger partial charge on any atom is 0.248 e. The lowest BCUT2D eigenvalue weighted by Crippen LogP contribution is -2.49. The third-order valence-electron chi connectivity index (χ3n) is 8.22. The van der Waals surface area contributed by atoms with E-state index in [0.717, 1.165) is 23.1 Å². The highest BCUT2D eigenvalue weighted by atomic mass is 16.2. The van der Waals surface area contributed by atoms with E-state index < -0.39 is 6.04 Å². The maximum absolute atomic E-state index is 13.7. The summed E-state index contributed by atoms with van der Waals surface area (Å²) in [6.07, 6.45) is 5.76. The number of allylic oxidation sites excluding steroid dienone is 2. The molecule has 0 radical (unpaired) electrons. The van der Waals surface area contributed by atoms with Crippen LogP contribution >= 0.6 is 0 Å². The van der Waals surface area contributed by atoms with Crippen molar-refractivity contribution in [3.05, 3.63) is 77.4 Å². The van der Waals surface area contributed by atoms with E-state index in [-0.39, 0.29) is 41.4 Å². The molecule has 3 amide bonds. The molecule has 5 nitrogen and oxygen atoms in total. The summed E-state index contributed by atoms with van der Waals surface area (Å²) in [6.45, 7) is 3.96. The van der Waals surface area contributed by atoms with E-state index in [4.69, 9.17) is 0 Å². The van der Waals surface area contributed by atoms with Crippen LogP contribution in [0.2, 0.25) is 0 Å². The molecule has 2 aromatic rings. The molecule has 1 N–H and O–H groups in total. The predicted molar refractivity (Wildman–Crippen MR) is 125 cm³/mol. The van der Waals surface area contributed by atoms with Gasteiger partial charge in [-0.15, -0.1) is 0 Å². The molecule has 33 heavy (non-hydrogen) atoms. The Morgan fingerprint density at radius 2 is 1.61 bits per heavy atom. The third-order valence-corrected chi connectivity index (χ3v) is 8.22. The fraction of sp³-hybridized carbons (Fsp3) is 0.393. The van der Waals surface area contributed by atoms with Crippen molar-refractivity contribution in [2.45, 2.75) is 32.7 Å². The summed E-state index contributed by atoms with van der Waals surface area (Å²) in [4.78, 5) is 42.3. The Morgan fingerprint density at radius 1 is 0.970 bits per heavy atom. The first-order valence-corrected chi connectivity index (χ1v) is 11.9. The van der Waals surface area contributed by atoms with Crippen LogP contribution < -0.4 is 5.32 Å². The number of anilines is 1. The van der Waals surface area contributed by atoms with Crippen LogP contribution in [-0.2, 0) is 20.8 Å². The van der Waals surface area contributed by atoms with Crippen molar-refractivity contribution < 1.29 is 14.4 Å². The zero-order valence-electron chi connectivity index (χ0n) is 18.9. The van der Waals surface area contributed by atoms with E-state index in [1.165, 1.54) is 4.90 Å². The Labute approximate surface area is 193 Å². The molecule has 5 heteroatoms. The summed E-state index contributed by atoms with van der Waals surface area (Å²) < 4.78 is 0. The molecule has 7 atom stereocenters. The van der Waals surface area contributed by atoms with Gasteiger partial charge in [-0.05, 0) is 61.1 Å². The number of rotatable bonds is 5. The summed E-state index contributed by atoms with van der Waals surface area (Å²) in [6, 6.07) is 14.6. The van der Waals surface area contributed by atoms with Gasteiger partial charge in [-0.3, -0.25) is 19.3 Å². The zero-order valence-corrected chi connectivity index (χ0v) is 18.9. The molecule has 0 spiro atoms. The lowest BCUT2D eigenvalue weighted by atomic mass is 9.63. The largest absolute Gasteiger partial charge is 0.324 e. The lowest BCUT2D eigenvalue weighted by Gasteiger charge is -2.37. The molecule has 5 aliphatic rings. The normalized spacial score (nSPS) is 31.9. The van der Waals surface area contributed by atoms with Crippen molar-refractivity contribution in [3.63, 3.8) is 0 Å². The first kappa shape index (κ1) is 20.4. The number of amides is 3. The number of benzene rings is 2. The molecule has 7 rings (SSSR count). The van der Waals surface area contributed by atoms with Gasteiger partial charge in [0.15, 0.2) is 0 Å². The number of likely N-dealkylation sites (tertiary alicyclic amines) is 1. The average Bonchev–Trinajstić information content (AvgIpc) is 3.59. The fourth-order valence-electron chi connectivity index (χ4n) is 6.60. The number of hydrogen-bond acceptors (Lipinski definition) is 3. The van der Waals surface area contributed by atoms with Gasteiger partial charge in [0.05, 0.1) is 11.8 Å². The van der Waals surface area contributed by atoms with E-state index in [2.05, 4.69) is 17.5 Å². The second-order valence-corrected chi connectivity index (χ2v) is 10.2. The number of hydrogen-bond donors (Lipinski definition) is 1. The minimum atomic E-state index is -0.866. The fourth-order valence-corrected chi connectivity index (χ4v) is 6.60. The van der Waals surface area contributed by atoms with Gasteiger partial charge in [0.1, 0.15) is 6.04 Å². The number of carbonyl (C=O) groups excluding carboxylic acids is 3. The van der Waals surface area contributed by atoms with Crippen LogP contribution in [0.25, 0.3) is 0 Å².